The van der Waals surface area contributed by atoms with Crippen LogP contribution in [-0.2, 0) is 4.79 Å². The van der Waals surface area contributed by atoms with Gasteiger partial charge in [0.25, 0.3) is 0 Å². The number of para-hydroxylation sites is 1. The van der Waals surface area contributed by atoms with Gasteiger partial charge in [-0.15, -0.1) is 24.0 Å². The van der Waals surface area contributed by atoms with Crippen molar-refractivity contribution < 1.29 is 9.53 Å². The molecule has 1 amide bonds. The lowest BCUT2D eigenvalue weighted by atomic mass is 9.82. The lowest BCUT2D eigenvalue weighted by molar-refractivity contribution is -0.127. The molecule has 0 radical (unpaired) electrons. The predicted octanol–water partition coefficient (Wildman–Crippen LogP) is 4.48. The molecule has 1 aliphatic heterocycles. The number of ether oxygens (including phenoxy) is 1. The standard InChI is InChI=1S/C26H34N4O2.HI/c1-30(2)25(31)18-27-26(29-23-16-17-32-24-11-7-6-10-22(23)24)28-21-14-12-20(13-15-21)19-8-4-3-5-9-19;/h3-11,20-21,23H,12-18H2,1-2H3,(H2,27,28,29);1H. The highest BCUT2D eigenvalue weighted by Gasteiger charge is 2.26. The largest absolute Gasteiger partial charge is 0.493 e. The van der Waals surface area contributed by atoms with Crippen molar-refractivity contribution in [3.63, 3.8) is 0 Å². The Balaban J connectivity index is 0.00000306. The van der Waals surface area contributed by atoms with E-state index in [-0.39, 0.29) is 42.5 Å². The van der Waals surface area contributed by atoms with Gasteiger partial charge in [0.2, 0.25) is 5.91 Å². The van der Waals surface area contributed by atoms with Crippen LogP contribution in [0.25, 0.3) is 0 Å². The Morgan fingerprint density at radius 2 is 1.67 bits per heavy atom. The Labute approximate surface area is 214 Å². The molecule has 1 heterocycles. The van der Waals surface area contributed by atoms with Gasteiger partial charge in [0.15, 0.2) is 5.96 Å². The number of carbonyl (C=O) groups excluding carboxylic acids is 1. The van der Waals surface area contributed by atoms with Crippen LogP contribution in [-0.4, -0.2) is 50.1 Å². The Morgan fingerprint density at radius 3 is 2.39 bits per heavy atom. The lowest BCUT2D eigenvalue weighted by Crippen LogP contribution is -2.47. The SMILES string of the molecule is CN(C)C(=O)CN=C(NC1CCC(c2ccccc2)CC1)NC1CCOc2ccccc21.I. The Morgan fingerprint density at radius 1 is 0.970 bits per heavy atom. The molecule has 2 aromatic carbocycles. The quantitative estimate of drug-likeness (QED) is 0.321. The first-order valence-corrected chi connectivity index (χ1v) is 11.6. The van der Waals surface area contributed by atoms with Crippen molar-refractivity contribution in [1.29, 1.82) is 0 Å². The van der Waals surface area contributed by atoms with E-state index in [4.69, 9.17) is 4.74 Å². The highest BCUT2D eigenvalue weighted by atomic mass is 127. The van der Waals surface area contributed by atoms with Gasteiger partial charge in [-0.2, -0.15) is 0 Å². The first-order valence-electron chi connectivity index (χ1n) is 11.6. The van der Waals surface area contributed by atoms with Crippen LogP contribution < -0.4 is 15.4 Å². The van der Waals surface area contributed by atoms with Crippen LogP contribution in [0.15, 0.2) is 59.6 Å². The van der Waals surface area contributed by atoms with Crippen LogP contribution in [0.3, 0.4) is 0 Å². The third-order valence-corrected chi connectivity index (χ3v) is 6.48. The molecule has 2 N–H and O–H groups in total. The zero-order valence-electron chi connectivity index (χ0n) is 19.5. The van der Waals surface area contributed by atoms with Crippen LogP contribution in [0.5, 0.6) is 5.75 Å². The first kappa shape index (κ1) is 25.3. The van der Waals surface area contributed by atoms with Crippen molar-refractivity contribution in [3.05, 3.63) is 65.7 Å². The second kappa shape index (κ2) is 12.3. The second-order valence-corrected chi connectivity index (χ2v) is 8.93. The fourth-order valence-electron chi connectivity index (χ4n) is 4.57. The summed E-state index contributed by atoms with van der Waals surface area (Å²) in [6.45, 7) is 0.799. The summed E-state index contributed by atoms with van der Waals surface area (Å²) >= 11 is 0. The van der Waals surface area contributed by atoms with Crippen LogP contribution in [0.1, 0.15) is 55.2 Å². The topological polar surface area (TPSA) is 66.0 Å². The summed E-state index contributed by atoms with van der Waals surface area (Å²) in [7, 11) is 3.52. The van der Waals surface area contributed by atoms with Crippen LogP contribution in [0.2, 0.25) is 0 Å². The summed E-state index contributed by atoms with van der Waals surface area (Å²) in [5, 5.41) is 7.21. The molecular formula is C26H35IN4O2. The monoisotopic (exact) mass is 562 g/mol. The van der Waals surface area contributed by atoms with E-state index in [0.717, 1.165) is 43.4 Å². The maximum absolute atomic E-state index is 12.2. The van der Waals surface area contributed by atoms with Crippen molar-refractivity contribution in [2.24, 2.45) is 4.99 Å². The summed E-state index contributed by atoms with van der Waals surface area (Å²) in [4.78, 5) is 18.4. The molecule has 1 saturated carbocycles. The number of fused-ring (bicyclic) bond motifs is 1. The minimum absolute atomic E-state index is 0. The van der Waals surface area contributed by atoms with Gasteiger partial charge in [-0.05, 0) is 43.2 Å². The molecule has 0 aromatic heterocycles. The van der Waals surface area contributed by atoms with E-state index < -0.39 is 0 Å². The molecule has 0 spiro atoms. The molecule has 1 aliphatic carbocycles. The average molecular weight is 562 g/mol. The van der Waals surface area contributed by atoms with E-state index >= 15 is 0 Å². The van der Waals surface area contributed by atoms with E-state index in [2.05, 4.69) is 52.0 Å². The summed E-state index contributed by atoms with van der Waals surface area (Å²) in [6, 6.07) is 19.4. The van der Waals surface area contributed by atoms with E-state index in [1.54, 1.807) is 19.0 Å². The number of guanidine groups is 1. The van der Waals surface area contributed by atoms with Crippen molar-refractivity contribution in [1.82, 2.24) is 15.5 Å². The molecule has 7 heteroatoms. The molecule has 0 saturated heterocycles. The average Bonchev–Trinajstić information content (AvgIpc) is 2.83. The Kier molecular flexibility index (Phi) is 9.41. The second-order valence-electron chi connectivity index (χ2n) is 8.93. The molecular weight excluding hydrogens is 527 g/mol. The fraction of sp³-hybridized carbons (Fsp3) is 0.462. The Bertz CT molecular complexity index is 927. The highest BCUT2D eigenvalue weighted by molar-refractivity contribution is 14.0. The number of halogens is 1. The highest BCUT2D eigenvalue weighted by Crippen LogP contribution is 2.33. The number of benzene rings is 2. The molecule has 6 nitrogen and oxygen atoms in total. The molecule has 1 unspecified atom stereocenters. The smallest absolute Gasteiger partial charge is 0.243 e. The number of likely N-dealkylation sites (N-methyl/N-ethyl adjacent to an activating group) is 1. The molecule has 2 aromatic rings. The molecule has 0 bridgehead atoms. The third-order valence-electron chi connectivity index (χ3n) is 6.48. The molecule has 1 fully saturated rings. The Hall–Kier alpha value is -2.29. The van der Waals surface area contributed by atoms with Gasteiger partial charge in [-0.25, -0.2) is 4.99 Å². The molecule has 1 atom stereocenters. The summed E-state index contributed by atoms with van der Waals surface area (Å²) in [5.74, 6) is 2.25. The van der Waals surface area contributed by atoms with Crippen LogP contribution >= 0.6 is 24.0 Å². The number of nitrogens with one attached hydrogen (secondary N) is 2. The van der Waals surface area contributed by atoms with Crippen molar-refractivity contribution in [2.45, 2.75) is 50.1 Å². The minimum Gasteiger partial charge on any atom is -0.493 e. The van der Waals surface area contributed by atoms with Gasteiger partial charge in [0.1, 0.15) is 12.3 Å². The van der Waals surface area contributed by atoms with E-state index in [9.17, 15) is 4.79 Å². The van der Waals surface area contributed by atoms with E-state index in [0.29, 0.717) is 24.5 Å². The summed E-state index contributed by atoms with van der Waals surface area (Å²) in [5.41, 5.74) is 2.58. The lowest BCUT2D eigenvalue weighted by Gasteiger charge is -2.33. The van der Waals surface area contributed by atoms with E-state index in [1.807, 2.05) is 18.2 Å². The number of hydrogen-bond donors (Lipinski definition) is 2. The normalized spacial score (nSPS) is 22.2. The van der Waals surface area contributed by atoms with Crippen LogP contribution in [0.4, 0.5) is 0 Å². The van der Waals surface area contributed by atoms with Gasteiger partial charge in [-0.3, -0.25) is 4.79 Å². The maximum atomic E-state index is 12.2. The van der Waals surface area contributed by atoms with Gasteiger partial charge >= 0.3 is 0 Å². The minimum atomic E-state index is -0.00809. The van der Waals surface area contributed by atoms with Crippen LogP contribution in [0, 0.1) is 0 Å². The molecule has 4 rings (SSSR count). The van der Waals surface area contributed by atoms with Crippen molar-refractivity contribution >= 4 is 35.8 Å². The van der Waals surface area contributed by atoms with Gasteiger partial charge in [-0.1, -0.05) is 48.5 Å². The number of aliphatic imine (C=N–C) groups is 1. The number of nitrogens with zero attached hydrogens (tertiary/aromatic N) is 2. The number of carbonyl (C=O) groups is 1. The van der Waals surface area contributed by atoms with Gasteiger partial charge in [0.05, 0.1) is 12.6 Å². The molecule has 33 heavy (non-hydrogen) atoms. The number of amides is 1. The third kappa shape index (κ3) is 6.85. The van der Waals surface area contributed by atoms with Crippen molar-refractivity contribution in [3.8, 4) is 5.75 Å². The number of hydrogen-bond acceptors (Lipinski definition) is 3. The van der Waals surface area contributed by atoms with Crippen molar-refractivity contribution in [2.75, 3.05) is 27.2 Å². The van der Waals surface area contributed by atoms with Gasteiger partial charge < -0.3 is 20.3 Å². The fourth-order valence-corrected chi connectivity index (χ4v) is 4.57. The summed E-state index contributed by atoms with van der Waals surface area (Å²) in [6.07, 6.45) is 5.36. The zero-order valence-corrected chi connectivity index (χ0v) is 21.8. The number of rotatable bonds is 5. The summed E-state index contributed by atoms with van der Waals surface area (Å²) < 4.78 is 5.81. The van der Waals surface area contributed by atoms with Gasteiger partial charge in [0, 0.05) is 32.1 Å². The zero-order chi connectivity index (χ0) is 22.3. The first-order chi connectivity index (χ1) is 15.6. The molecule has 2 aliphatic rings. The molecule has 178 valence electrons. The van der Waals surface area contributed by atoms with E-state index in [1.165, 1.54) is 5.56 Å². The predicted molar refractivity (Wildman–Crippen MR) is 143 cm³/mol. The maximum Gasteiger partial charge on any atom is 0.243 e.